The number of aromatic nitrogens is 1. The lowest BCUT2D eigenvalue weighted by molar-refractivity contribution is -0.383. The summed E-state index contributed by atoms with van der Waals surface area (Å²) in [5, 5.41) is 16.9. The Kier molecular flexibility index (Phi) is 4.06. The van der Waals surface area contributed by atoms with Crippen LogP contribution >= 0.6 is 12.2 Å². The van der Waals surface area contributed by atoms with E-state index in [1.807, 2.05) is 0 Å². The number of thiocarbonyl (C=S) groups is 1. The van der Waals surface area contributed by atoms with Gasteiger partial charge in [0.1, 0.15) is 5.69 Å². The van der Waals surface area contributed by atoms with Gasteiger partial charge in [-0.2, -0.15) is 0 Å². The highest BCUT2D eigenvalue weighted by Gasteiger charge is 2.12. The van der Waals surface area contributed by atoms with Crippen LogP contribution in [0.4, 0.5) is 22.7 Å². The molecule has 1 aromatic heterocycles. The van der Waals surface area contributed by atoms with Crippen molar-refractivity contribution in [2.75, 3.05) is 16.4 Å². The van der Waals surface area contributed by atoms with E-state index in [1.165, 1.54) is 12.1 Å². The molecule has 0 radical (unpaired) electrons. The summed E-state index contributed by atoms with van der Waals surface area (Å²) in [6, 6.07) is 7.95. The van der Waals surface area contributed by atoms with Crippen LogP contribution in [0.25, 0.3) is 0 Å². The van der Waals surface area contributed by atoms with Gasteiger partial charge in [-0.15, -0.1) is 0 Å². The highest BCUT2D eigenvalue weighted by Crippen LogP contribution is 2.25. The van der Waals surface area contributed by atoms with Crippen molar-refractivity contribution in [3.63, 3.8) is 0 Å². The van der Waals surface area contributed by atoms with Crippen LogP contribution < -0.4 is 16.4 Å². The summed E-state index contributed by atoms with van der Waals surface area (Å²) >= 11 is 5.11. The van der Waals surface area contributed by atoms with Crippen molar-refractivity contribution in [3.8, 4) is 0 Å². The number of nitro benzene ring substituents is 1. The van der Waals surface area contributed by atoms with Crippen molar-refractivity contribution >= 4 is 40.1 Å². The number of hydrogen-bond donors (Lipinski definition) is 3. The molecule has 102 valence electrons. The highest BCUT2D eigenvalue weighted by molar-refractivity contribution is 7.80. The molecular weight excluding hydrogens is 278 g/mol. The smallest absolute Gasteiger partial charge is 0.294 e. The summed E-state index contributed by atoms with van der Waals surface area (Å²) in [5.41, 5.74) is 6.65. The molecule has 2 aromatic rings. The van der Waals surface area contributed by atoms with Gasteiger partial charge in [0, 0.05) is 18.0 Å². The molecule has 2 rings (SSSR count). The van der Waals surface area contributed by atoms with Gasteiger partial charge >= 0.3 is 0 Å². The average molecular weight is 289 g/mol. The molecule has 1 aromatic carbocycles. The summed E-state index contributed by atoms with van der Waals surface area (Å²) in [6.07, 6.45) is 3.25. The van der Waals surface area contributed by atoms with Crippen LogP contribution in [0, 0.1) is 10.1 Å². The molecule has 20 heavy (non-hydrogen) atoms. The summed E-state index contributed by atoms with van der Waals surface area (Å²) in [5.74, 6) is 0. The molecule has 8 heteroatoms. The molecule has 4 N–H and O–H groups in total. The zero-order valence-electron chi connectivity index (χ0n) is 10.2. The van der Waals surface area contributed by atoms with Crippen LogP contribution in [0.1, 0.15) is 0 Å². The zero-order valence-corrected chi connectivity index (χ0v) is 11.1. The minimum atomic E-state index is -0.544. The predicted octanol–water partition coefficient (Wildman–Crippen LogP) is 2.38. The molecule has 0 bridgehead atoms. The van der Waals surface area contributed by atoms with Crippen molar-refractivity contribution in [2.45, 2.75) is 0 Å². The van der Waals surface area contributed by atoms with Crippen LogP contribution in [0.15, 0.2) is 42.7 Å². The van der Waals surface area contributed by atoms with E-state index in [2.05, 4.69) is 15.6 Å². The van der Waals surface area contributed by atoms with E-state index in [1.54, 1.807) is 30.6 Å². The Hall–Kier alpha value is -2.74. The number of nitrogens with zero attached hydrogens (tertiary/aromatic N) is 2. The SMILES string of the molecule is Nc1ccc(NC(=S)Nc2cccnc2)cc1[N+](=O)[O-]. The molecule has 1 heterocycles. The fourth-order valence-corrected chi connectivity index (χ4v) is 1.75. The van der Waals surface area contributed by atoms with Crippen LogP contribution in [0.3, 0.4) is 0 Å². The van der Waals surface area contributed by atoms with E-state index in [0.29, 0.717) is 10.8 Å². The highest BCUT2D eigenvalue weighted by atomic mass is 32.1. The van der Waals surface area contributed by atoms with E-state index < -0.39 is 4.92 Å². The third-order valence-corrected chi connectivity index (χ3v) is 2.61. The number of nitrogen functional groups attached to an aromatic ring is 1. The largest absolute Gasteiger partial charge is 0.393 e. The molecule has 0 amide bonds. The number of nitro groups is 1. The lowest BCUT2D eigenvalue weighted by Crippen LogP contribution is -2.19. The summed E-state index contributed by atoms with van der Waals surface area (Å²) in [4.78, 5) is 14.2. The first-order valence-electron chi connectivity index (χ1n) is 5.58. The van der Waals surface area contributed by atoms with E-state index >= 15 is 0 Å². The van der Waals surface area contributed by atoms with Gasteiger partial charge in [0.05, 0.1) is 16.8 Å². The number of nitrogens with two attached hydrogens (primary N) is 1. The van der Waals surface area contributed by atoms with Crippen molar-refractivity contribution in [3.05, 3.63) is 52.8 Å². The lowest BCUT2D eigenvalue weighted by atomic mass is 10.2. The topological polar surface area (TPSA) is 106 Å². The summed E-state index contributed by atoms with van der Waals surface area (Å²) < 4.78 is 0. The fraction of sp³-hybridized carbons (Fsp3) is 0. The average Bonchev–Trinajstić information content (AvgIpc) is 2.41. The van der Waals surface area contributed by atoms with E-state index in [9.17, 15) is 10.1 Å². The number of benzene rings is 1. The van der Waals surface area contributed by atoms with Gasteiger partial charge in [-0.3, -0.25) is 15.1 Å². The molecule has 0 fully saturated rings. The molecular formula is C12H11N5O2S. The molecule has 0 saturated heterocycles. The monoisotopic (exact) mass is 289 g/mol. The molecule has 0 aliphatic carbocycles. The van der Waals surface area contributed by atoms with Gasteiger partial charge in [0.25, 0.3) is 5.69 Å². The number of hydrogen-bond acceptors (Lipinski definition) is 5. The second-order valence-corrected chi connectivity index (χ2v) is 4.26. The maximum absolute atomic E-state index is 10.8. The third kappa shape index (κ3) is 3.39. The Morgan fingerprint density at radius 3 is 2.70 bits per heavy atom. The Morgan fingerprint density at radius 1 is 1.30 bits per heavy atom. The molecule has 0 spiro atoms. The Bertz CT molecular complexity index is 648. The van der Waals surface area contributed by atoms with Crippen molar-refractivity contribution in [1.29, 1.82) is 0 Å². The van der Waals surface area contributed by atoms with Crippen LogP contribution in [-0.2, 0) is 0 Å². The van der Waals surface area contributed by atoms with Gasteiger partial charge in [-0.1, -0.05) is 0 Å². The second-order valence-electron chi connectivity index (χ2n) is 3.85. The molecule has 0 aliphatic rings. The number of nitrogens with one attached hydrogen (secondary N) is 2. The number of anilines is 3. The Labute approximate surface area is 120 Å². The maximum Gasteiger partial charge on any atom is 0.294 e. The molecule has 0 aliphatic heterocycles. The number of rotatable bonds is 3. The summed E-state index contributed by atoms with van der Waals surface area (Å²) in [7, 11) is 0. The van der Waals surface area contributed by atoms with Crippen LogP contribution in [0.5, 0.6) is 0 Å². The van der Waals surface area contributed by atoms with E-state index in [0.717, 1.165) is 5.69 Å². The molecule has 0 saturated carbocycles. The first kappa shape index (κ1) is 13.7. The van der Waals surface area contributed by atoms with Gasteiger partial charge in [-0.25, -0.2) is 0 Å². The summed E-state index contributed by atoms with van der Waals surface area (Å²) in [6.45, 7) is 0. The predicted molar refractivity (Wildman–Crippen MR) is 81.6 cm³/mol. The van der Waals surface area contributed by atoms with E-state index in [-0.39, 0.29) is 11.4 Å². The second kappa shape index (κ2) is 5.93. The van der Waals surface area contributed by atoms with Crippen molar-refractivity contribution in [2.24, 2.45) is 0 Å². The quantitative estimate of drug-likeness (QED) is 0.344. The fourth-order valence-electron chi connectivity index (χ4n) is 1.51. The van der Waals surface area contributed by atoms with Crippen molar-refractivity contribution < 1.29 is 4.92 Å². The normalized spacial score (nSPS) is 9.80. The molecule has 0 atom stereocenters. The van der Waals surface area contributed by atoms with Gasteiger partial charge in [0.2, 0.25) is 0 Å². The van der Waals surface area contributed by atoms with Crippen LogP contribution in [-0.4, -0.2) is 15.0 Å². The first-order valence-corrected chi connectivity index (χ1v) is 5.99. The van der Waals surface area contributed by atoms with Gasteiger partial charge in [0.15, 0.2) is 5.11 Å². The van der Waals surface area contributed by atoms with Gasteiger partial charge < -0.3 is 16.4 Å². The van der Waals surface area contributed by atoms with Crippen molar-refractivity contribution in [1.82, 2.24) is 4.98 Å². The van der Waals surface area contributed by atoms with Gasteiger partial charge in [-0.05, 0) is 36.5 Å². The lowest BCUT2D eigenvalue weighted by Gasteiger charge is -2.10. The molecule has 0 unspecified atom stereocenters. The Morgan fingerprint density at radius 2 is 2.05 bits per heavy atom. The Balaban J connectivity index is 2.08. The minimum Gasteiger partial charge on any atom is -0.393 e. The van der Waals surface area contributed by atoms with Crippen LogP contribution in [0.2, 0.25) is 0 Å². The van der Waals surface area contributed by atoms with E-state index in [4.69, 9.17) is 18.0 Å². The standard InChI is InChI=1S/C12H11N5O2S/c13-10-4-3-8(6-11(10)17(18)19)15-12(20)16-9-2-1-5-14-7-9/h1-7H,13H2,(H2,15,16,20). The zero-order chi connectivity index (χ0) is 14.5. The first-order chi connectivity index (χ1) is 9.56. The minimum absolute atomic E-state index is 0.103. The molecule has 7 nitrogen and oxygen atoms in total. The third-order valence-electron chi connectivity index (χ3n) is 2.40. The maximum atomic E-state index is 10.8. The number of pyridine rings is 1.